The summed E-state index contributed by atoms with van der Waals surface area (Å²) < 4.78 is 12.4. The van der Waals surface area contributed by atoms with Gasteiger partial charge in [0.1, 0.15) is 11.9 Å². The maximum absolute atomic E-state index is 9.87. The molecule has 3 nitrogen and oxygen atoms in total. The molecule has 2 fully saturated rings. The van der Waals surface area contributed by atoms with Crippen molar-refractivity contribution < 1.29 is 14.6 Å². The third-order valence-electron chi connectivity index (χ3n) is 4.88. The van der Waals surface area contributed by atoms with Gasteiger partial charge in [-0.05, 0) is 25.8 Å². The molecule has 2 aliphatic rings. The SMILES string of the molecule is CC(O)c1ccccc1OC1CCOC2(CCCCC2)C1. The van der Waals surface area contributed by atoms with Gasteiger partial charge < -0.3 is 14.6 Å². The van der Waals surface area contributed by atoms with E-state index in [4.69, 9.17) is 9.47 Å². The zero-order valence-corrected chi connectivity index (χ0v) is 12.9. The van der Waals surface area contributed by atoms with E-state index in [9.17, 15) is 5.11 Å². The Morgan fingerprint density at radius 2 is 2.00 bits per heavy atom. The van der Waals surface area contributed by atoms with Gasteiger partial charge in [0.05, 0.1) is 18.3 Å². The summed E-state index contributed by atoms with van der Waals surface area (Å²) in [6.45, 7) is 2.58. The van der Waals surface area contributed by atoms with Crippen LogP contribution in [0, 0.1) is 0 Å². The highest BCUT2D eigenvalue weighted by atomic mass is 16.5. The van der Waals surface area contributed by atoms with E-state index in [0.717, 1.165) is 30.8 Å². The van der Waals surface area contributed by atoms with Crippen molar-refractivity contribution in [3.8, 4) is 5.75 Å². The Hall–Kier alpha value is -1.06. The topological polar surface area (TPSA) is 38.7 Å². The van der Waals surface area contributed by atoms with Crippen molar-refractivity contribution in [3.05, 3.63) is 29.8 Å². The van der Waals surface area contributed by atoms with E-state index in [2.05, 4.69) is 0 Å². The van der Waals surface area contributed by atoms with Crippen LogP contribution in [0.25, 0.3) is 0 Å². The predicted octanol–water partition coefficient (Wildman–Crippen LogP) is 4.00. The summed E-state index contributed by atoms with van der Waals surface area (Å²) >= 11 is 0. The van der Waals surface area contributed by atoms with Gasteiger partial charge in [-0.3, -0.25) is 0 Å². The number of hydrogen-bond donors (Lipinski definition) is 1. The molecule has 1 aromatic carbocycles. The van der Waals surface area contributed by atoms with E-state index >= 15 is 0 Å². The van der Waals surface area contributed by atoms with Gasteiger partial charge in [0.2, 0.25) is 0 Å². The lowest BCUT2D eigenvalue weighted by molar-refractivity contribution is -0.129. The largest absolute Gasteiger partial charge is 0.490 e. The zero-order valence-electron chi connectivity index (χ0n) is 12.9. The number of hydrogen-bond acceptors (Lipinski definition) is 3. The van der Waals surface area contributed by atoms with Gasteiger partial charge in [-0.15, -0.1) is 0 Å². The fourth-order valence-electron chi connectivity index (χ4n) is 3.74. The van der Waals surface area contributed by atoms with E-state index in [1.165, 1.54) is 32.1 Å². The number of para-hydroxylation sites is 1. The van der Waals surface area contributed by atoms with Gasteiger partial charge in [0.25, 0.3) is 0 Å². The molecule has 1 aliphatic heterocycles. The molecule has 1 saturated heterocycles. The predicted molar refractivity (Wildman–Crippen MR) is 82.5 cm³/mol. The lowest BCUT2D eigenvalue weighted by Gasteiger charge is -2.43. The molecule has 1 spiro atoms. The molecule has 1 aliphatic carbocycles. The highest BCUT2D eigenvalue weighted by Gasteiger charge is 2.39. The van der Waals surface area contributed by atoms with Gasteiger partial charge in [-0.1, -0.05) is 37.5 Å². The van der Waals surface area contributed by atoms with Crippen LogP contribution in [0.1, 0.15) is 63.5 Å². The Kier molecular flexibility index (Phi) is 4.51. The van der Waals surface area contributed by atoms with Crippen LogP contribution in [-0.2, 0) is 4.74 Å². The smallest absolute Gasteiger partial charge is 0.125 e. The van der Waals surface area contributed by atoms with Crippen LogP contribution in [0.15, 0.2) is 24.3 Å². The molecule has 0 bridgehead atoms. The number of benzene rings is 1. The number of aliphatic hydroxyl groups is 1. The van der Waals surface area contributed by atoms with Gasteiger partial charge in [0.15, 0.2) is 0 Å². The van der Waals surface area contributed by atoms with Gasteiger partial charge in [0, 0.05) is 18.4 Å². The molecule has 2 atom stereocenters. The third-order valence-corrected chi connectivity index (χ3v) is 4.88. The van der Waals surface area contributed by atoms with Crippen molar-refractivity contribution in [1.82, 2.24) is 0 Å². The van der Waals surface area contributed by atoms with Crippen LogP contribution in [0.4, 0.5) is 0 Å². The Balaban J connectivity index is 1.70. The molecule has 1 heterocycles. The maximum atomic E-state index is 9.87. The Bertz CT molecular complexity index is 458. The molecular formula is C18H26O3. The summed E-state index contributed by atoms with van der Waals surface area (Å²) in [5.74, 6) is 0.824. The molecule has 21 heavy (non-hydrogen) atoms. The quantitative estimate of drug-likeness (QED) is 0.914. The van der Waals surface area contributed by atoms with E-state index in [1.807, 2.05) is 24.3 Å². The average molecular weight is 290 g/mol. The summed E-state index contributed by atoms with van der Waals surface area (Å²) in [7, 11) is 0. The van der Waals surface area contributed by atoms with Crippen LogP contribution in [-0.4, -0.2) is 23.4 Å². The molecular weight excluding hydrogens is 264 g/mol. The van der Waals surface area contributed by atoms with E-state index < -0.39 is 6.10 Å². The van der Waals surface area contributed by atoms with E-state index in [-0.39, 0.29) is 11.7 Å². The summed E-state index contributed by atoms with van der Waals surface area (Å²) in [5.41, 5.74) is 0.933. The molecule has 2 unspecified atom stereocenters. The molecule has 1 saturated carbocycles. The first-order valence-corrected chi connectivity index (χ1v) is 8.26. The number of aliphatic hydroxyl groups excluding tert-OH is 1. The molecule has 3 rings (SSSR count). The summed E-state index contributed by atoms with van der Waals surface area (Å²) in [6.07, 6.45) is 7.86. The average Bonchev–Trinajstić information content (AvgIpc) is 2.48. The minimum Gasteiger partial charge on any atom is -0.490 e. The second-order valence-corrected chi connectivity index (χ2v) is 6.54. The van der Waals surface area contributed by atoms with Crippen molar-refractivity contribution in [3.63, 3.8) is 0 Å². The summed E-state index contributed by atoms with van der Waals surface area (Å²) in [5, 5.41) is 9.87. The first kappa shape index (κ1) is 14.9. The highest BCUT2D eigenvalue weighted by Crippen LogP contribution is 2.40. The lowest BCUT2D eigenvalue weighted by atomic mass is 9.79. The molecule has 3 heteroatoms. The first-order valence-electron chi connectivity index (χ1n) is 8.26. The second-order valence-electron chi connectivity index (χ2n) is 6.54. The van der Waals surface area contributed by atoms with Crippen LogP contribution >= 0.6 is 0 Å². The fraction of sp³-hybridized carbons (Fsp3) is 0.667. The Morgan fingerprint density at radius 3 is 2.76 bits per heavy atom. The number of rotatable bonds is 3. The number of ether oxygens (including phenoxy) is 2. The summed E-state index contributed by atoms with van der Waals surface area (Å²) in [6, 6.07) is 7.82. The monoisotopic (exact) mass is 290 g/mol. The van der Waals surface area contributed by atoms with Crippen molar-refractivity contribution >= 4 is 0 Å². The first-order chi connectivity index (χ1) is 10.2. The molecule has 1 aromatic rings. The summed E-state index contributed by atoms with van der Waals surface area (Å²) in [4.78, 5) is 0. The Labute approximate surface area is 127 Å². The zero-order chi connectivity index (χ0) is 14.7. The third kappa shape index (κ3) is 3.41. The van der Waals surface area contributed by atoms with Crippen LogP contribution < -0.4 is 4.74 Å². The van der Waals surface area contributed by atoms with Gasteiger partial charge in [-0.2, -0.15) is 0 Å². The van der Waals surface area contributed by atoms with E-state index in [1.54, 1.807) is 6.92 Å². The maximum Gasteiger partial charge on any atom is 0.125 e. The van der Waals surface area contributed by atoms with Crippen LogP contribution in [0.3, 0.4) is 0 Å². The molecule has 0 aromatic heterocycles. The lowest BCUT2D eigenvalue weighted by Crippen LogP contribution is -2.45. The molecule has 1 N–H and O–H groups in total. The second kappa shape index (κ2) is 6.37. The molecule has 0 amide bonds. The van der Waals surface area contributed by atoms with Crippen LogP contribution in [0.5, 0.6) is 5.75 Å². The molecule has 0 radical (unpaired) electrons. The Morgan fingerprint density at radius 1 is 1.24 bits per heavy atom. The van der Waals surface area contributed by atoms with Crippen molar-refractivity contribution in [1.29, 1.82) is 0 Å². The minimum absolute atomic E-state index is 0.0565. The van der Waals surface area contributed by atoms with E-state index in [0.29, 0.717) is 0 Å². The molecule has 116 valence electrons. The normalized spacial score (nSPS) is 26.5. The highest BCUT2D eigenvalue weighted by molar-refractivity contribution is 5.35. The fourth-order valence-corrected chi connectivity index (χ4v) is 3.74. The standard InChI is InChI=1S/C18H26O3/c1-14(19)16-7-3-4-8-17(16)21-15-9-12-20-18(13-15)10-5-2-6-11-18/h3-4,7-8,14-15,19H,2,5-6,9-13H2,1H3. The van der Waals surface area contributed by atoms with Gasteiger partial charge in [-0.25, -0.2) is 0 Å². The van der Waals surface area contributed by atoms with Crippen molar-refractivity contribution in [2.45, 2.75) is 69.7 Å². The minimum atomic E-state index is -0.496. The van der Waals surface area contributed by atoms with Crippen molar-refractivity contribution in [2.24, 2.45) is 0 Å². The van der Waals surface area contributed by atoms with Gasteiger partial charge >= 0.3 is 0 Å². The van der Waals surface area contributed by atoms with Crippen LogP contribution in [0.2, 0.25) is 0 Å². The van der Waals surface area contributed by atoms with Crippen molar-refractivity contribution in [2.75, 3.05) is 6.61 Å².